The van der Waals surface area contributed by atoms with Crippen LogP contribution in [0.5, 0.6) is 5.75 Å². The van der Waals surface area contributed by atoms with Gasteiger partial charge in [-0.15, -0.1) is 0 Å². The molecule has 0 fully saturated rings. The maximum absolute atomic E-state index is 12.1. The van der Waals surface area contributed by atoms with Gasteiger partial charge in [-0.2, -0.15) is 0 Å². The maximum Gasteiger partial charge on any atom is 0.315 e. The Labute approximate surface area is 141 Å². The summed E-state index contributed by atoms with van der Waals surface area (Å²) in [6.07, 6.45) is 3.36. The van der Waals surface area contributed by atoms with Crippen LogP contribution in [-0.2, 0) is 0 Å². The molecule has 126 valence electrons. The lowest BCUT2D eigenvalue weighted by molar-refractivity contribution is 0.223. The first-order valence-electron chi connectivity index (χ1n) is 8.24. The number of amides is 2. The summed E-state index contributed by atoms with van der Waals surface area (Å²) >= 11 is 0. The van der Waals surface area contributed by atoms with E-state index in [1.54, 1.807) is 6.20 Å². The van der Waals surface area contributed by atoms with Crippen molar-refractivity contribution in [2.75, 3.05) is 25.0 Å². The van der Waals surface area contributed by atoms with Crippen molar-refractivity contribution < 1.29 is 9.53 Å². The number of carbonyl (C=O) groups is 1. The van der Waals surface area contributed by atoms with Gasteiger partial charge in [-0.05, 0) is 24.6 Å². The number of para-hydroxylation sites is 1. The van der Waals surface area contributed by atoms with Gasteiger partial charge in [0.05, 0.1) is 12.6 Å². The van der Waals surface area contributed by atoms with E-state index in [0.29, 0.717) is 13.2 Å². The Morgan fingerprint density at radius 3 is 2.92 bits per heavy atom. The largest absolute Gasteiger partial charge is 0.493 e. The summed E-state index contributed by atoms with van der Waals surface area (Å²) in [5.41, 5.74) is 1.04. The molecule has 3 rings (SSSR count). The number of benzene rings is 1. The molecule has 1 atom stereocenters. The molecule has 1 aliphatic rings. The molecule has 1 aromatic carbocycles. The summed E-state index contributed by atoms with van der Waals surface area (Å²) in [4.78, 5) is 16.2. The second-order valence-electron chi connectivity index (χ2n) is 5.62. The van der Waals surface area contributed by atoms with Gasteiger partial charge in [0, 0.05) is 31.3 Å². The number of hydrogen-bond donors (Lipinski definition) is 3. The Balaban J connectivity index is 1.37. The number of rotatable bonds is 6. The molecule has 2 amide bonds. The molecular formula is C18H22N4O2. The Morgan fingerprint density at radius 2 is 2.04 bits per heavy atom. The fraction of sp³-hybridized carbons (Fsp3) is 0.333. The van der Waals surface area contributed by atoms with Gasteiger partial charge in [0.1, 0.15) is 11.6 Å². The molecule has 24 heavy (non-hydrogen) atoms. The highest BCUT2D eigenvalue weighted by Gasteiger charge is 2.22. The van der Waals surface area contributed by atoms with Crippen LogP contribution >= 0.6 is 0 Å². The molecule has 0 spiro atoms. The van der Waals surface area contributed by atoms with Crippen molar-refractivity contribution in [1.29, 1.82) is 0 Å². The molecule has 0 bridgehead atoms. The monoisotopic (exact) mass is 326 g/mol. The van der Waals surface area contributed by atoms with E-state index >= 15 is 0 Å². The van der Waals surface area contributed by atoms with Crippen molar-refractivity contribution in [3.63, 3.8) is 0 Å². The van der Waals surface area contributed by atoms with Crippen LogP contribution in [-0.4, -0.2) is 30.7 Å². The molecule has 0 saturated heterocycles. The molecule has 0 saturated carbocycles. The number of aromatic nitrogens is 1. The SMILES string of the molecule is O=C(NCCCNc1ccccn1)N[C@@H]1CCOc2ccccc21. The van der Waals surface area contributed by atoms with Crippen LogP contribution in [0.3, 0.4) is 0 Å². The molecule has 1 aromatic heterocycles. The van der Waals surface area contributed by atoms with Gasteiger partial charge < -0.3 is 20.7 Å². The summed E-state index contributed by atoms with van der Waals surface area (Å²) in [5.74, 6) is 1.70. The maximum atomic E-state index is 12.1. The number of carbonyl (C=O) groups excluding carboxylic acids is 1. The zero-order valence-electron chi connectivity index (χ0n) is 13.5. The highest BCUT2D eigenvalue weighted by atomic mass is 16.5. The lowest BCUT2D eigenvalue weighted by Crippen LogP contribution is -2.40. The van der Waals surface area contributed by atoms with Gasteiger partial charge in [-0.1, -0.05) is 24.3 Å². The third-order valence-corrected chi connectivity index (χ3v) is 3.87. The van der Waals surface area contributed by atoms with E-state index in [1.165, 1.54) is 0 Å². The Kier molecular flexibility index (Phi) is 5.50. The normalized spacial score (nSPS) is 15.8. The first-order valence-corrected chi connectivity index (χ1v) is 8.24. The van der Waals surface area contributed by atoms with Crippen molar-refractivity contribution >= 4 is 11.8 Å². The summed E-state index contributed by atoms with van der Waals surface area (Å²) in [5, 5.41) is 9.13. The van der Waals surface area contributed by atoms with Crippen LogP contribution in [0, 0.1) is 0 Å². The summed E-state index contributed by atoms with van der Waals surface area (Å²) < 4.78 is 5.60. The molecule has 2 heterocycles. The summed E-state index contributed by atoms with van der Waals surface area (Å²) in [7, 11) is 0. The topological polar surface area (TPSA) is 75.3 Å². The Hall–Kier alpha value is -2.76. The van der Waals surface area contributed by atoms with Crippen molar-refractivity contribution in [2.45, 2.75) is 18.9 Å². The summed E-state index contributed by atoms with van der Waals surface area (Å²) in [6.45, 7) is 1.99. The van der Waals surface area contributed by atoms with Crippen molar-refractivity contribution in [2.24, 2.45) is 0 Å². The van der Waals surface area contributed by atoms with Crippen LogP contribution in [0.15, 0.2) is 48.7 Å². The van der Waals surface area contributed by atoms with Crippen LogP contribution in [0.4, 0.5) is 10.6 Å². The quantitative estimate of drug-likeness (QED) is 0.714. The Bertz CT molecular complexity index is 663. The van der Waals surface area contributed by atoms with E-state index < -0.39 is 0 Å². The molecule has 1 aliphatic heterocycles. The third-order valence-electron chi connectivity index (χ3n) is 3.87. The number of anilines is 1. The van der Waals surface area contributed by atoms with E-state index in [2.05, 4.69) is 20.9 Å². The second kappa shape index (κ2) is 8.19. The van der Waals surface area contributed by atoms with Gasteiger partial charge in [0.25, 0.3) is 0 Å². The van der Waals surface area contributed by atoms with Crippen molar-refractivity contribution in [1.82, 2.24) is 15.6 Å². The zero-order chi connectivity index (χ0) is 16.6. The van der Waals surface area contributed by atoms with Gasteiger partial charge in [0.15, 0.2) is 0 Å². The van der Waals surface area contributed by atoms with Crippen molar-refractivity contribution in [3.05, 3.63) is 54.2 Å². The molecule has 0 aliphatic carbocycles. The van der Waals surface area contributed by atoms with Crippen LogP contribution in [0.25, 0.3) is 0 Å². The average molecular weight is 326 g/mol. The fourth-order valence-electron chi connectivity index (χ4n) is 2.68. The predicted octanol–water partition coefficient (Wildman–Crippen LogP) is 2.71. The number of pyridine rings is 1. The first-order chi connectivity index (χ1) is 11.8. The lowest BCUT2D eigenvalue weighted by atomic mass is 10.0. The molecule has 0 unspecified atom stereocenters. The predicted molar refractivity (Wildman–Crippen MR) is 93.2 cm³/mol. The Morgan fingerprint density at radius 1 is 1.17 bits per heavy atom. The van der Waals surface area contributed by atoms with Gasteiger partial charge >= 0.3 is 6.03 Å². The highest BCUT2D eigenvalue weighted by Crippen LogP contribution is 2.31. The molecule has 2 aromatic rings. The van der Waals surface area contributed by atoms with E-state index in [9.17, 15) is 4.79 Å². The minimum absolute atomic E-state index is 0.00148. The number of nitrogens with zero attached hydrogens (tertiary/aromatic N) is 1. The van der Waals surface area contributed by atoms with Crippen LogP contribution < -0.4 is 20.7 Å². The third kappa shape index (κ3) is 4.38. The van der Waals surface area contributed by atoms with E-state index in [-0.39, 0.29) is 12.1 Å². The molecule has 0 radical (unpaired) electrons. The highest BCUT2D eigenvalue weighted by molar-refractivity contribution is 5.74. The molecular weight excluding hydrogens is 304 g/mol. The minimum Gasteiger partial charge on any atom is -0.493 e. The van der Waals surface area contributed by atoms with Crippen molar-refractivity contribution in [3.8, 4) is 5.75 Å². The minimum atomic E-state index is -0.144. The molecule has 6 nitrogen and oxygen atoms in total. The number of ether oxygens (including phenoxy) is 1. The smallest absolute Gasteiger partial charge is 0.315 e. The second-order valence-corrected chi connectivity index (χ2v) is 5.62. The number of fused-ring (bicyclic) bond motifs is 1. The number of nitrogens with one attached hydrogen (secondary N) is 3. The zero-order valence-corrected chi connectivity index (χ0v) is 13.5. The fourth-order valence-corrected chi connectivity index (χ4v) is 2.68. The average Bonchev–Trinajstić information content (AvgIpc) is 2.63. The van der Waals surface area contributed by atoms with E-state index in [0.717, 1.165) is 36.5 Å². The summed E-state index contributed by atoms with van der Waals surface area (Å²) in [6, 6.07) is 13.4. The lowest BCUT2D eigenvalue weighted by Gasteiger charge is -2.26. The van der Waals surface area contributed by atoms with Crippen LogP contribution in [0.1, 0.15) is 24.4 Å². The molecule has 3 N–H and O–H groups in total. The first kappa shape index (κ1) is 16.1. The van der Waals surface area contributed by atoms with Crippen LogP contribution in [0.2, 0.25) is 0 Å². The number of urea groups is 1. The number of hydrogen-bond acceptors (Lipinski definition) is 4. The standard InChI is InChI=1S/C18H22N4O2/c23-18(21-12-5-11-20-17-8-3-4-10-19-17)22-15-9-13-24-16-7-2-1-6-14(15)16/h1-4,6-8,10,15H,5,9,11-13H2,(H,19,20)(H2,21,22,23)/t15-/m1/s1. The van der Waals surface area contributed by atoms with Gasteiger partial charge in [0.2, 0.25) is 0 Å². The molecule has 6 heteroatoms. The van der Waals surface area contributed by atoms with Gasteiger partial charge in [-0.25, -0.2) is 9.78 Å². The van der Waals surface area contributed by atoms with E-state index in [4.69, 9.17) is 4.74 Å². The van der Waals surface area contributed by atoms with Gasteiger partial charge in [-0.3, -0.25) is 0 Å². The van der Waals surface area contributed by atoms with E-state index in [1.807, 2.05) is 42.5 Å².